The molecule has 1 aliphatic heterocycles. The van der Waals surface area contributed by atoms with E-state index >= 15 is 0 Å². The molecule has 138 valence electrons. The van der Waals surface area contributed by atoms with Gasteiger partial charge in [-0.2, -0.15) is 0 Å². The van der Waals surface area contributed by atoms with Crippen molar-refractivity contribution in [3.63, 3.8) is 0 Å². The summed E-state index contributed by atoms with van der Waals surface area (Å²) in [4.78, 5) is 2.29. The molecule has 26 heavy (non-hydrogen) atoms. The van der Waals surface area contributed by atoms with Crippen molar-refractivity contribution in [1.29, 1.82) is 0 Å². The van der Waals surface area contributed by atoms with Gasteiger partial charge in [0.05, 0.1) is 6.04 Å². The molecule has 2 heterocycles. The predicted molar refractivity (Wildman–Crippen MR) is 112 cm³/mol. The third kappa shape index (κ3) is 3.60. The minimum Gasteiger partial charge on any atom is -0.360 e. The molecule has 2 aliphatic rings. The van der Waals surface area contributed by atoms with Crippen molar-refractivity contribution in [2.24, 2.45) is 0 Å². The molecule has 0 unspecified atom stereocenters. The Hall–Kier alpha value is -1.23. The number of nitrogens with zero attached hydrogens (tertiary/aromatic N) is 2. The highest BCUT2D eigenvalue weighted by atomic mass is 35.5. The van der Waals surface area contributed by atoms with E-state index in [2.05, 4.69) is 33.1 Å². The van der Waals surface area contributed by atoms with Crippen molar-refractivity contribution in [3.05, 3.63) is 57.8 Å². The van der Waals surface area contributed by atoms with Crippen LogP contribution in [0.3, 0.4) is 0 Å². The van der Waals surface area contributed by atoms with Crippen molar-refractivity contribution in [3.8, 4) is 0 Å². The standard InChI is InChI=1S/C20H23Cl2N3S/c21-14-8-9-16(17(22)13-14)19-18-7-4-10-24(18)11-12-25(19)20(26)23-15-5-2-1-3-6-15/h4,7-10,13,15,19H,1-3,5-6,11-12H2,(H,23,26)/t19-/m0/s1. The van der Waals surface area contributed by atoms with E-state index in [0.717, 1.165) is 23.8 Å². The molecule has 1 saturated carbocycles. The Morgan fingerprint density at radius 3 is 2.65 bits per heavy atom. The zero-order chi connectivity index (χ0) is 18.1. The van der Waals surface area contributed by atoms with E-state index in [1.165, 1.54) is 37.8 Å². The number of fused-ring (bicyclic) bond motifs is 1. The minimum atomic E-state index is 0.00658. The second kappa shape index (κ2) is 7.79. The smallest absolute Gasteiger partial charge is 0.170 e. The summed E-state index contributed by atoms with van der Waals surface area (Å²) in [5, 5.41) is 5.79. The van der Waals surface area contributed by atoms with Gasteiger partial charge < -0.3 is 14.8 Å². The Balaban J connectivity index is 1.65. The van der Waals surface area contributed by atoms with Gasteiger partial charge in [-0.25, -0.2) is 0 Å². The fourth-order valence-corrected chi connectivity index (χ4v) is 5.03. The lowest BCUT2D eigenvalue weighted by atomic mass is 9.95. The topological polar surface area (TPSA) is 20.2 Å². The van der Waals surface area contributed by atoms with Crippen LogP contribution in [0, 0.1) is 0 Å². The zero-order valence-corrected chi connectivity index (χ0v) is 17.0. The molecule has 0 saturated heterocycles. The highest BCUT2D eigenvalue weighted by Gasteiger charge is 2.32. The molecule has 0 amide bonds. The first-order chi connectivity index (χ1) is 12.6. The first kappa shape index (κ1) is 18.1. The molecule has 1 aromatic carbocycles. The van der Waals surface area contributed by atoms with Crippen molar-refractivity contribution < 1.29 is 0 Å². The number of benzene rings is 1. The quantitative estimate of drug-likeness (QED) is 0.672. The van der Waals surface area contributed by atoms with Crippen LogP contribution in [0.5, 0.6) is 0 Å². The van der Waals surface area contributed by atoms with Gasteiger partial charge in [-0.3, -0.25) is 0 Å². The summed E-state index contributed by atoms with van der Waals surface area (Å²) >= 11 is 18.5. The van der Waals surface area contributed by atoms with Crippen LogP contribution in [0.1, 0.15) is 49.4 Å². The summed E-state index contributed by atoms with van der Waals surface area (Å²) in [5.74, 6) is 0. The summed E-state index contributed by atoms with van der Waals surface area (Å²) in [6.07, 6.45) is 8.45. The number of hydrogen-bond acceptors (Lipinski definition) is 1. The number of rotatable bonds is 2. The van der Waals surface area contributed by atoms with E-state index in [4.69, 9.17) is 35.4 Å². The van der Waals surface area contributed by atoms with Crippen LogP contribution in [0.25, 0.3) is 0 Å². The molecule has 1 N–H and O–H groups in total. The number of hydrogen-bond donors (Lipinski definition) is 1. The molecule has 0 spiro atoms. The van der Waals surface area contributed by atoms with E-state index in [1.807, 2.05) is 18.2 Å². The molecule has 1 aromatic heterocycles. The lowest BCUT2D eigenvalue weighted by Gasteiger charge is -2.40. The van der Waals surface area contributed by atoms with Crippen LogP contribution in [0.4, 0.5) is 0 Å². The second-order valence-corrected chi connectivity index (χ2v) is 8.40. The lowest BCUT2D eigenvalue weighted by molar-refractivity contribution is 0.278. The summed E-state index contributed by atoms with van der Waals surface area (Å²) in [5.41, 5.74) is 2.26. The normalized spacial score (nSPS) is 20.7. The Kier molecular flexibility index (Phi) is 5.44. The number of thiocarbonyl (C=S) groups is 1. The van der Waals surface area contributed by atoms with Gasteiger partial charge in [0.1, 0.15) is 0 Å². The summed E-state index contributed by atoms with van der Waals surface area (Å²) < 4.78 is 2.29. The predicted octanol–water partition coefficient (Wildman–Crippen LogP) is 5.41. The summed E-state index contributed by atoms with van der Waals surface area (Å²) in [6, 6.07) is 10.5. The van der Waals surface area contributed by atoms with Gasteiger partial charge in [0.15, 0.2) is 5.11 Å². The monoisotopic (exact) mass is 407 g/mol. The molecule has 1 fully saturated rings. The highest BCUT2D eigenvalue weighted by Crippen LogP contribution is 2.37. The third-order valence-electron chi connectivity index (χ3n) is 5.49. The molecule has 3 nitrogen and oxygen atoms in total. The zero-order valence-electron chi connectivity index (χ0n) is 14.6. The maximum Gasteiger partial charge on any atom is 0.170 e. The Morgan fingerprint density at radius 2 is 1.88 bits per heavy atom. The van der Waals surface area contributed by atoms with E-state index in [-0.39, 0.29) is 6.04 Å². The van der Waals surface area contributed by atoms with E-state index < -0.39 is 0 Å². The number of nitrogens with one attached hydrogen (secondary N) is 1. The van der Waals surface area contributed by atoms with Gasteiger partial charge >= 0.3 is 0 Å². The maximum atomic E-state index is 6.57. The second-order valence-electron chi connectivity index (χ2n) is 7.17. The average Bonchev–Trinajstić information content (AvgIpc) is 3.11. The summed E-state index contributed by atoms with van der Waals surface area (Å²) in [7, 11) is 0. The molecular formula is C20H23Cl2N3S. The average molecular weight is 408 g/mol. The van der Waals surface area contributed by atoms with Crippen LogP contribution < -0.4 is 5.32 Å². The first-order valence-corrected chi connectivity index (χ1v) is 10.5. The van der Waals surface area contributed by atoms with E-state index in [0.29, 0.717) is 16.1 Å². The van der Waals surface area contributed by atoms with Crippen LogP contribution >= 0.6 is 35.4 Å². The molecular weight excluding hydrogens is 385 g/mol. The van der Waals surface area contributed by atoms with Crippen molar-refractivity contribution in [2.75, 3.05) is 6.54 Å². The molecule has 4 rings (SSSR count). The van der Waals surface area contributed by atoms with Crippen molar-refractivity contribution in [2.45, 2.75) is 50.7 Å². The SMILES string of the molecule is S=C(NC1CCCCC1)N1CCn2cccc2[C@@H]1c1ccc(Cl)cc1Cl. The lowest BCUT2D eigenvalue weighted by Crippen LogP contribution is -2.50. The largest absolute Gasteiger partial charge is 0.360 e. The van der Waals surface area contributed by atoms with Gasteiger partial charge in [0.25, 0.3) is 0 Å². The van der Waals surface area contributed by atoms with Crippen molar-refractivity contribution in [1.82, 2.24) is 14.8 Å². The first-order valence-electron chi connectivity index (χ1n) is 9.30. The number of halogens is 2. The Bertz CT molecular complexity index is 798. The van der Waals surface area contributed by atoms with E-state index in [9.17, 15) is 0 Å². The van der Waals surface area contributed by atoms with Gasteiger partial charge in [0.2, 0.25) is 0 Å². The fourth-order valence-electron chi connectivity index (χ4n) is 4.16. The molecule has 0 radical (unpaired) electrons. The van der Waals surface area contributed by atoms with Gasteiger partial charge in [-0.1, -0.05) is 48.5 Å². The fraction of sp³-hybridized carbons (Fsp3) is 0.450. The van der Waals surface area contributed by atoms with Crippen LogP contribution in [-0.2, 0) is 6.54 Å². The van der Waals surface area contributed by atoms with Crippen LogP contribution in [-0.4, -0.2) is 27.2 Å². The highest BCUT2D eigenvalue weighted by molar-refractivity contribution is 7.80. The maximum absolute atomic E-state index is 6.57. The Labute approximate surface area is 170 Å². The van der Waals surface area contributed by atoms with Gasteiger partial charge in [-0.05, 0) is 54.9 Å². The molecule has 1 atom stereocenters. The molecule has 0 bridgehead atoms. The Morgan fingerprint density at radius 1 is 1.08 bits per heavy atom. The van der Waals surface area contributed by atoms with Crippen LogP contribution in [0.2, 0.25) is 10.0 Å². The van der Waals surface area contributed by atoms with Crippen molar-refractivity contribution >= 4 is 40.5 Å². The van der Waals surface area contributed by atoms with Gasteiger partial charge in [0, 0.05) is 41.1 Å². The molecule has 6 heteroatoms. The van der Waals surface area contributed by atoms with Crippen LogP contribution in [0.15, 0.2) is 36.5 Å². The van der Waals surface area contributed by atoms with Gasteiger partial charge in [-0.15, -0.1) is 0 Å². The molecule has 1 aliphatic carbocycles. The number of aromatic nitrogens is 1. The molecule has 2 aromatic rings. The summed E-state index contributed by atoms with van der Waals surface area (Å²) in [6.45, 7) is 1.79. The minimum absolute atomic E-state index is 0.00658. The van der Waals surface area contributed by atoms with E-state index in [1.54, 1.807) is 0 Å². The third-order valence-corrected chi connectivity index (χ3v) is 6.40.